The van der Waals surface area contributed by atoms with Crippen molar-refractivity contribution in [3.8, 4) is 0 Å². The number of likely N-dealkylation sites (N-methyl/N-ethyl adjacent to an activating group) is 1. The summed E-state index contributed by atoms with van der Waals surface area (Å²) >= 11 is 5.53. The molecule has 0 aromatic heterocycles. The average molecular weight is 263 g/mol. The monoisotopic (exact) mass is 263 g/mol. The molecule has 1 atom stereocenters. The average Bonchev–Trinajstić information content (AvgIpc) is 2.51. The summed E-state index contributed by atoms with van der Waals surface area (Å²) in [5.74, 6) is 0. The molecule has 1 aliphatic heterocycles. The van der Waals surface area contributed by atoms with Crippen LogP contribution in [0.1, 0.15) is 13.3 Å². The van der Waals surface area contributed by atoms with Gasteiger partial charge in [0.25, 0.3) is 0 Å². The Balaban J connectivity index is 1.99. The molecule has 0 spiro atoms. The van der Waals surface area contributed by atoms with E-state index in [0.29, 0.717) is 6.04 Å². The van der Waals surface area contributed by atoms with Gasteiger partial charge in [-0.05, 0) is 51.3 Å². The lowest BCUT2D eigenvalue weighted by atomic mass is 10.3. The largest absolute Gasteiger partial charge is 0.345 e. The first-order valence-corrected chi connectivity index (χ1v) is 6.89. The third kappa shape index (κ3) is 3.43. The molecule has 18 heavy (non-hydrogen) atoms. The Morgan fingerprint density at radius 1 is 1.28 bits per heavy atom. The normalized spacial score (nSPS) is 21.4. The van der Waals surface area contributed by atoms with Crippen LogP contribution in [0.5, 0.6) is 0 Å². The molecule has 1 unspecified atom stereocenters. The highest BCUT2D eigenvalue weighted by molar-refractivity contribution is 7.80. The third-order valence-electron chi connectivity index (χ3n) is 3.33. The Morgan fingerprint density at radius 2 is 2.00 bits per heavy atom. The van der Waals surface area contributed by atoms with E-state index in [0.717, 1.165) is 36.9 Å². The van der Waals surface area contributed by atoms with Crippen LogP contribution in [0.4, 0.5) is 5.69 Å². The van der Waals surface area contributed by atoms with Gasteiger partial charge in [0.15, 0.2) is 5.11 Å². The van der Waals surface area contributed by atoms with E-state index in [-0.39, 0.29) is 0 Å². The maximum absolute atomic E-state index is 5.53. The maximum atomic E-state index is 5.53. The Morgan fingerprint density at radius 3 is 2.72 bits per heavy atom. The standard InChI is InChI=1S/C14H21N3S/c1-12-11-16(2)9-6-10-17(12)14(18)15-13-7-4-3-5-8-13/h3-5,7-8,12H,6,9-11H2,1-2H3,(H,15,18). The summed E-state index contributed by atoms with van der Waals surface area (Å²) in [7, 11) is 2.17. The van der Waals surface area contributed by atoms with Crippen LogP contribution in [0.15, 0.2) is 30.3 Å². The minimum absolute atomic E-state index is 0.459. The summed E-state index contributed by atoms with van der Waals surface area (Å²) < 4.78 is 0. The van der Waals surface area contributed by atoms with E-state index in [1.165, 1.54) is 0 Å². The highest BCUT2D eigenvalue weighted by atomic mass is 32.1. The fourth-order valence-corrected chi connectivity index (χ4v) is 2.78. The molecule has 2 rings (SSSR count). The van der Waals surface area contributed by atoms with Crippen LogP contribution in [0.25, 0.3) is 0 Å². The molecule has 1 aromatic rings. The van der Waals surface area contributed by atoms with E-state index in [1.807, 2.05) is 30.3 Å². The lowest BCUT2D eigenvalue weighted by Crippen LogP contribution is -2.44. The van der Waals surface area contributed by atoms with Crippen LogP contribution >= 0.6 is 12.2 Å². The van der Waals surface area contributed by atoms with Gasteiger partial charge in [0.05, 0.1) is 0 Å². The highest BCUT2D eigenvalue weighted by Gasteiger charge is 2.21. The minimum atomic E-state index is 0.459. The summed E-state index contributed by atoms with van der Waals surface area (Å²) in [4.78, 5) is 4.67. The molecule has 1 fully saturated rings. The second kappa shape index (κ2) is 6.16. The zero-order valence-electron chi connectivity index (χ0n) is 11.1. The number of anilines is 1. The van der Waals surface area contributed by atoms with Gasteiger partial charge >= 0.3 is 0 Å². The van der Waals surface area contributed by atoms with Crippen LogP contribution in [0, 0.1) is 0 Å². The first kappa shape index (κ1) is 13.3. The molecule has 1 N–H and O–H groups in total. The smallest absolute Gasteiger partial charge is 0.173 e. The van der Waals surface area contributed by atoms with E-state index < -0.39 is 0 Å². The number of hydrogen-bond acceptors (Lipinski definition) is 2. The van der Waals surface area contributed by atoms with Gasteiger partial charge in [-0.2, -0.15) is 0 Å². The van der Waals surface area contributed by atoms with Gasteiger partial charge in [0, 0.05) is 24.8 Å². The van der Waals surface area contributed by atoms with E-state index >= 15 is 0 Å². The molecule has 0 amide bonds. The van der Waals surface area contributed by atoms with Crippen molar-refractivity contribution in [3.63, 3.8) is 0 Å². The van der Waals surface area contributed by atoms with Crippen molar-refractivity contribution in [2.24, 2.45) is 0 Å². The molecule has 1 heterocycles. The third-order valence-corrected chi connectivity index (χ3v) is 3.67. The van der Waals surface area contributed by atoms with Crippen molar-refractivity contribution in [1.82, 2.24) is 9.80 Å². The van der Waals surface area contributed by atoms with E-state index in [2.05, 4.69) is 29.1 Å². The number of nitrogens with zero attached hydrogens (tertiary/aromatic N) is 2. The van der Waals surface area contributed by atoms with Crippen molar-refractivity contribution in [3.05, 3.63) is 30.3 Å². The van der Waals surface area contributed by atoms with E-state index in [1.54, 1.807) is 0 Å². The topological polar surface area (TPSA) is 18.5 Å². The zero-order chi connectivity index (χ0) is 13.0. The van der Waals surface area contributed by atoms with Gasteiger partial charge in [-0.15, -0.1) is 0 Å². The molecule has 0 radical (unpaired) electrons. The van der Waals surface area contributed by atoms with Crippen molar-refractivity contribution in [2.45, 2.75) is 19.4 Å². The highest BCUT2D eigenvalue weighted by Crippen LogP contribution is 2.12. The predicted octanol–water partition coefficient (Wildman–Crippen LogP) is 2.41. The van der Waals surface area contributed by atoms with Gasteiger partial charge < -0.3 is 15.1 Å². The molecule has 1 aromatic carbocycles. The summed E-state index contributed by atoms with van der Waals surface area (Å²) in [6, 6.07) is 10.6. The zero-order valence-corrected chi connectivity index (χ0v) is 11.9. The quantitative estimate of drug-likeness (QED) is 0.784. The van der Waals surface area contributed by atoms with Crippen molar-refractivity contribution in [2.75, 3.05) is 32.0 Å². The molecule has 98 valence electrons. The first-order valence-electron chi connectivity index (χ1n) is 6.48. The number of rotatable bonds is 1. The van der Waals surface area contributed by atoms with Gasteiger partial charge in [0.2, 0.25) is 0 Å². The molecular weight excluding hydrogens is 242 g/mol. The fourth-order valence-electron chi connectivity index (χ4n) is 2.39. The van der Waals surface area contributed by atoms with Crippen molar-refractivity contribution < 1.29 is 0 Å². The number of nitrogens with one attached hydrogen (secondary N) is 1. The minimum Gasteiger partial charge on any atom is -0.345 e. The van der Waals surface area contributed by atoms with Gasteiger partial charge in [-0.1, -0.05) is 18.2 Å². The van der Waals surface area contributed by atoms with E-state index in [4.69, 9.17) is 12.2 Å². The van der Waals surface area contributed by atoms with Crippen LogP contribution < -0.4 is 5.32 Å². The van der Waals surface area contributed by atoms with Gasteiger partial charge in [-0.3, -0.25) is 0 Å². The Hall–Kier alpha value is -1.13. The second-order valence-corrected chi connectivity index (χ2v) is 5.34. The number of hydrogen-bond donors (Lipinski definition) is 1. The van der Waals surface area contributed by atoms with Crippen LogP contribution in [0.3, 0.4) is 0 Å². The molecule has 0 bridgehead atoms. The van der Waals surface area contributed by atoms with Gasteiger partial charge in [0.1, 0.15) is 0 Å². The molecule has 1 aliphatic rings. The van der Waals surface area contributed by atoms with Crippen LogP contribution in [-0.2, 0) is 0 Å². The summed E-state index contributed by atoms with van der Waals surface area (Å²) in [6.07, 6.45) is 1.16. The summed E-state index contributed by atoms with van der Waals surface area (Å²) in [5, 5.41) is 4.16. The maximum Gasteiger partial charge on any atom is 0.173 e. The molecule has 3 nitrogen and oxygen atoms in total. The van der Waals surface area contributed by atoms with Crippen LogP contribution in [0.2, 0.25) is 0 Å². The van der Waals surface area contributed by atoms with Crippen LogP contribution in [-0.4, -0.2) is 47.6 Å². The first-order chi connectivity index (χ1) is 8.66. The molecule has 4 heteroatoms. The van der Waals surface area contributed by atoms with Crippen molar-refractivity contribution in [1.29, 1.82) is 0 Å². The lowest BCUT2D eigenvalue weighted by molar-refractivity contribution is 0.287. The van der Waals surface area contributed by atoms with Crippen molar-refractivity contribution >= 4 is 23.0 Å². The molecular formula is C14H21N3S. The number of para-hydroxylation sites is 1. The summed E-state index contributed by atoms with van der Waals surface area (Å²) in [5.41, 5.74) is 1.06. The number of benzene rings is 1. The Bertz CT molecular complexity index is 393. The van der Waals surface area contributed by atoms with Gasteiger partial charge in [-0.25, -0.2) is 0 Å². The fraction of sp³-hybridized carbons (Fsp3) is 0.500. The summed E-state index contributed by atoms with van der Waals surface area (Å²) in [6.45, 7) is 5.48. The predicted molar refractivity (Wildman–Crippen MR) is 80.9 cm³/mol. The number of thiocarbonyl (C=S) groups is 1. The lowest BCUT2D eigenvalue weighted by Gasteiger charge is -2.30. The van der Waals surface area contributed by atoms with E-state index in [9.17, 15) is 0 Å². The molecule has 0 saturated carbocycles. The second-order valence-electron chi connectivity index (χ2n) is 4.95. The Kier molecular flexibility index (Phi) is 4.55. The molecule has 1 saturated heterocycles. The molecule has 0 aliphatic carbocycles. The SMILES string of the molecule is CC1CN(C)CCCN1C(=S)Nc1ccccc1. The Labute approximate surface area is 115 Å².